The van der Waals surface area contributed by atoms with E-state index in [-0.39, 0.29) is 48.5 Å². The fourth-order valence-electron chi connectivity index (χ4n) is 4.20. The minimum atomic E-state index is 0. The summed E-state index contributed by atoms with van der Waals surface area (Å²) in [5, 5.41) is 14.3. The number of nitrogens with one attached hydrogen (secondary N) is 1. The number of rotatable bonds is 4. The Labute approximate surface area is 218 Å². The van der Waals surface area contributed by atoms with Gasteiger partial charge in [-0.15, -0.1) is 12.4 Å². The van der Waals surface area contributed by atoms with Crippen molar-refractivity contribution in [3.63, 3.8) is 0 Å². The van der Waals surface area contributed by atoms with Crippen LogP contribution in [0.15, 0.2) is 30.3 Å². The number of nitrogens with zero attached hydrogens (tertiary/aromatic N) is 6. The number of piperidine rings is 2. The van der Waals surface area contributed by atoms with Crippen LogP contribution in [0.5, 0.6) is 5.75 Å². The third-order valence-corrected chi connectivity index (χ3v) is 5.83. The number of pyridine rings is 1. The first-order valence-corrected chi connectivity index (χ1v) is 10.9. The minimum absolute atomic E-state index is 0. The summed E-state index contributed by atoms with van der Waals surface area (Å²) in [7, 11) is 0. The Balaban J connectivity index is -0.000000428. The summed E-state index contributed by atoms with van der Waals surface area (Å²) >= 11 is 0. The molecular formula is C22H48ClN11O. The molecule has 0 saturated carbocycles. The third kappa shape index (κ3) is 7.23. The van der Waals surface area contributed by atoms with Crippen LogP contribution in [0.4, 0.5) is 23.7 Å². The van der Waals surface area contributed by atoms with E-state index in [1.165, 1.54) is 38.5 Å². The predicted molar refractivity (Wildman–Crippen MR) is 154 cm³/mol. The molecule has 2 fully saturated rings. The van der Waals surface area contributed by atoms with Gasteiger partial charge in [-0.3, -0.25) is 0 Å². The number of benzene rings is 1. The molecule has 0 aliphatic carbocycles. The van der Waals surface area contributed by atoms with Gasteiger partial charge in [0.2, 0.25) is 17.8 Å². The summed E-state index contributed by atoms with van der Waals surface area (Å²) < 4.78 is 0. The molecular weight excluding hydrogens is 470 g/mol. The first kappa shape index (κ1) is 32.0. The Morgan fingerprint density at radius 2 is 1.23 bits per heavy atom. The molecule has 1 aromatic carbocycles. The molecule has 3 aromatic rings. The Morgan fingerprint density at radius 3 is 1.77 bits per heavy atom. The Morgan fingerprint density at radius 1 is 0.686 bits per heavy atom. The van der Waals surface area contributed by atoms with Crippen LogP contribution in [0.25, 0.3) is 10.9 Å². The second-order valence-electron chi connectivity index (χ2n) is 8.02. The van der Waals surface area contributed by atoms with Crippen molar-refractivity contribution in [3.05, 3.63) is 30.3 Å². The molecule has 0 spiro atoms. The van der Waals surface area contributed by atoms with Gasteiger partial charge in [0.1, 0.15) is 17.1 Å². The lowest BCUT2D eigenvalue weighted by atomic mass is 10.1. The van der Waals surface area contributed by atoms with Crippen molar-refractivity contribution in [2.45, 2.75) is 38.5 Å². The molecule has 14 N–H and O–H groups in total. The number of hydrogen-bond acceptors (Lipinski definition) is 12. The lowest BCUT2D eigenvalue weighted by Crippen LogP contribution is -2.34. The molecule has 0 bridgehead atoms. The Bertz CT molecular complexity index is 1030. The van der Waals surface area contributed by atoms with Crippen LogP contribution >= 0.6 is 12.4 Å². The lowest BCUT2D eigenvalue weighted by Gasteiger charge is -2.30. The number of phenolic OH excluding ortho intramolecular Hbond substituents is 1. The van der Waals surface area contributed by atoms with Gasteiger partial charge in [0.05, 0.1) is 0 Å². The monoisotopic (exact) mass is 517 g/mol. The van der Waals surface area contributed by atoms with Gasteiger partial charge < -0.3 is 44.8 Å². The Hall–Kier alpha value is -3.03. The van der Waals surface area contributed by atoms with Crippen molar-refractivity contribution in [2.24, 2.45) is 0 Å². The SMILES string of the molecule is Cl.N.N.N.N.Oc1cccc2ccc(Nc3nc(N4CCCCC4)nc(N4CCCCC4)n3)nc12.[HH].[HH].[HH].[HH]. The van der Waals surface area contributed by atoms with E-state index in [2.05, 4.69) is 20.1 Å². The number of aromatic nitrogens is 4. The van der Waals surface area contributed by atoms with E-state index in [0.717, 1.165) is 43.5 Å². The molecule has 4 heterocycles. The van der Waals surface area contributed by atoms with Crippen LogP contribution in [0.2, 0.25) is 0 Å². The highest BCUT2D eigenvalue weighted by atomic mass is 35.5. The van der Waals surface area contributed by atoms with E-state index in [4.69, 9.17) is 15.0 Å². The number of halogens is 1. The first-order valence-electron chi connectivity index (χ1n) is 10.9. The van der Waals surface area contributed by atoms with Crippen LogP contribution in [0.3, 0.4) is 0 Å². The molecule has 0 amide bonds. The summed E-state index contributed by atoms with van der Waals surface area (Å²) in [6.45, 7) is 3.91. The number of anilines is 4. The molecule has 0 unspecified atom stereocenters. The third-order valence-electron chi connectivity index (χ3n) is 5.83. The molecule has 35 heavy (non-hydrogen) atoms. The molecule has 2 aliphatic heterocycles. The van der Waals surface area contributed by atoms with E-state index >= 15 is 0 Å². The number of fused-ring (bicyclic) bond motifs is 1. The lowest BCUT2D eigenvalue weighted by molar-refractivity contribution is 0.480. The summed E-state index contributed by atoms with van der Waals surface area (Å²) in [5.74, 6) is 2.72. The molecule has 2 aliphatic rings. The minimum Gasteiger partial charge on any atom is -0.506 e. The average molecular weight is 518 g/mol. The van der Waals surface area contributed by atoms with Crippen LogP contribution in [-0.2, 0) is 0 Å². The standard InChI is InChI=1S/C22H27N7O.ClH.4H3N.4H2/c30-17-9-7-8-16-10-11-18(23-19(16)17)24-20-25-21(28-12-3-1-4-13-28)27-22(26-20)29-14-5-2-6-15-29;;;;;;;;;/h7-11,30H,1-6,12-15H2,(H,23,24,25,26,27);1H;4*1H3;4*1H. The van der Waals surface area contributed by atoms with Crippen LogP contribution in [0.1, 0.15) is 44.2 Å². The van der Waals surface area contributed by atoms with Crippen molar-refractivity contribution in [1.82, 2.24) is 44.5 Å². The Kier molecular flexibility index (Phi) is 13.1. The van der Waals surface area contributed by atoms with Crippen molar-refractivity contribution in [1.29, 1.82) is 0 Å². The quantitative estimate of drug-likeness (QED) is 0.237. The van der Waals surface area contributed by atoms with Crippen LogP contribution < -0.4 is 39.7 Å². The zero-order valence-corrected chi connectivity index (χ0v) is 21.1. The molecule has 0 radical (unpaired) electrons. The number of phenols is 1. The van der Waals surface area contributed by atoms with Gasteiger partial charge in [-0.05, 0) is 56.7 Å². The van der Waals surface area contributed by atoms with E-state index in [9.17, 15) is 5.11 Å². The van der Waals surface area contributed by atoms with Crippen molar-refractivity contribution in [3.8, 4) is 5.75 Å². The zero-order chi connectivity index (χ0) is 20.3. The van der Waals surface area contributed by atoms with Gasteiger partial charge in [0.25, 0.3) is 0 Å². The molecule has 2 saturated heterocycles. The maximum Gasteiger partial charge on any atom is 0.235 e. The van der Waals surface area contributed by atoms with Crippen LogP contribution in [0, 0.1) is 0 Å². The fourth-order valence-corrected chi connectivity index (χ4v) is 4.20. The van der Waals surface area contributed by atoms with Crippen molar-refractivity contribution >= 4 is 47.0 Å². The number of para-hydroxylation sites is 1. The molecule has 204 valence electrons. The van der Waals surface area contributed by atoms with E-state index < -0.39 is 0 Å². The largest absolute Gasteiger partial charge is 0.506 e. The average Bonchev–Trinajstić information content (AvgIpc) is 2.81. The normalized spacial score (nSPS) is 14.9. The summed E-state index contributed by atoms with van der Waals surface area (Å²) in [4.78, 5) is 23.3. The zero-order valence-electron chi connectivity index (χ0n) is 20.3. The number of aromatic hydroxyl groups is 1. The highest BCUT2D eigenvalue weighted by Crippen LogP contribution is 2.26. The predicted octanol–water partition coefficient (Wildman–Crippen LogP) is 5.90. The topological polar surface area (TPSA) is 230 Å². The summed E-state index contributed by atoms with van der Waals surface area (Å²) in [6, 6.07) is 9.20. The van der Waals surface area contributed by atoms with Gasteiger partial charge in [-0.25, -0.2) is 4.98 Å². The molecule has 0 atom stereocenters. The number of hydrogen-bond donors (Lipinski definition) is 6. The second-order valence-corrected chi connectivity index (χ2v) is 8.02. The molecule has 12 nitrogen and oxygen atoms in total. The molecule has 5 rings (SSSR count). The van der Waals surface area contributed by atoms with E-state index in [1.807, 2.05) is 24.3 Å². The van der Waals surface area contributed by atoms with Gasteiger partial charge in [-0.2, -0.15) is 15.0 Å². The first-order chi connectivity index (χ1) is 14.8. The molecule has 13 heteroatoms. The van der Waals surface area contributed by atoms with Gasteiger partial charge in [0, 0.05) is 37.3 Å². The van der Waals surface area contributed by atoms with Crippen LogP contribution in [-0.4, -0.2) is 51.2 Å². The fraction of sp³-hybridized carbons (Fsp3) is 0.455. The molecule has 2 aromatic heterocycles. The van der Waals surface area contributed by atoms with E-state index in [1.54, 1.807) is 6.07 Å². The van der Waals surface area contributed by atoms with Gasteiger partial charge in [-0.1, -0.05) is 12.1 Å². The second kappa shape index (κ2) is 14.4. The maximum atomic E-state index is 10.1. The summed E-state index contributed by atoms with van der Waals surface area (Å²) in [6.07, 6.45) is 7.18. The van der Waals surface area contributed by atoms with Crippen molar-refractivity contribution in [2.75, 3.05) is 41.3 Å². The maximum absolute atomic E-state index is 10.1. The summed E-state index contributed by atoms with van der Waals surface area (Å²) in [5.41, 5.74) is 0.559. The highest BCUT2D eigenvalue weighted by molar-refractivity contribution is 5.86. The van der Waals surface area contributed by atoms with E-state index in [0.29, 0.717) is 17.3 Å². The van der Waals surface area contributed by atoms with Gasteiger partial charge >= 0.3 is 0 Å². The van der Waals surface area contributed by atoms with Crippen molar-refractivity contribution < 1.29 is 10.8 Å². The van der Waals surface area contributed by atoms with Gasteiger partial charge in [0.15, 0.2) is 0 Å². The highest BCUT2D eigenvalue weighted by Gasteiger charge is 2.20. The smallest absolute Gasteiger partial charge is 0.235 e.